The lowest BCUT2D eigenvalue weighted by Gasteiger charge is -2.60. The lowest BCUT2D eigenvalue weighted by Crippen LogP contribution is -2.62. The Morgan fingerprint density at radius 3 is 2.19 bits per heavy atom. The van der Waals surface area contributed by atoms with Gasteiger partial charge in [0.15, 0.2) is 12.4 Å². The van der Waals surface area contributed by atoms with Gasteiger partial charge in [-0.1, -0.05) is 30.3 Å². The number of ketones is 1. The zero-order valence-electron chi connectivity index (χ0n) is 17.9. The highest BCUT2D eigenvalue weighted by Gasteiger charge is 2.54. The number of carbonyl (C=O) groups is 3. The van der Waals surface area contributed by atoms with Crippen molar-refractivity contribution < 1.29 is 19.1 Å². The maximum absolute atomic E-state index is 13.1. The highest BCUT2D eigenvalue weighted by molar-refractivity contribution is 5.97. The minimum Gasteiger partial charge on any atom is -0.456 e. The van der Waals surface area contributed by atoms with Gasteiger partial charge in [0.05, 0.1) is 18.9 Å². The maximum atomic E-state index is 13.1. The Bertz CT molecular complexity index is 838. The van der Waals surface area contributed by atoms with Crippen LogP contribution in [0, 0.1) is 29.1 Å². The first-order valence-corrected chi connectivity index (χ1v) is 11.4. The van der Waals surface area contributed by atoms with Gasteiger partial charge in [-0.3, -0.25) is 14.4 Å². The molecule has 0 unspecified atom stereocenters. The van der Waals surface area contributed by atoms with E-state index in [0.717, 1.165) is 19.3 Å². The summed E-state index contributed by atoms with van der Waals surface area (Å²) in [7, 11) is 0. The van der Waals surface area contributed by atoms with Crippen LogP contribution in [0.5, 0.6) is 0 Å². The predicted molar refractivity (Wildman–Crippen MR) is 114 cm³/mol. The lowest BCUT2D eigenvalue weighted by atomic mass is 9.52. The van der Waals surface area contributed by atoms with Crippen LogP contribution in [0.25, 0.3) is 0 Å². The molecule has 164 valence electrons. The van der Waals surface area contributed by atoms with Crippen molar-refractivity contribution in [3.05, 3.63) is 35.9 Å². The summed E-state index contributed by atoms with van der Waals surface area (Å²) in [5.41, 5.74) is 0.397. The molecule has 4 fully saturated rings. The average molecular weight is 423 g/mol. The van der Waals surface area contributed by atoms with E-state index in [0.29, 0.717) is 29.9 Å². The van der Waals surface area contributed by atoms with Gasteiger partial charge in [-0.05, 0) is 56.3 Å². The van der Waals surface area contributed by atoms with E-state index < -0.39 is 5.97 Å². The van der Waals surface area contributed by atoms with E-state index in [1.807, 2.05) is 11.0 Å². The highest BCUT2D eigenvalue weighted by Crippen LogP contribution is 2.57. The minimum atomic E-state index is -0.539. The molecule has 0 radical (unpaired) electrons. The Kier molecular flexibility index (Phi) is 6.41. The Hall–Kier alpha value is -2.68. The largest absolute Gasteiger partial charge is 0.456 e. The van der Waals surface area contributed by atoms with E-state index in [2.05, 4.69) is 6.07 Å². The number of hydrogen-bond donors (Lipinski definition) is 0. The molecule has 0 heterocycles. The molecule has 6 heteroatoms. The van der Waals surface area contributed by atoms with Crippen LogP contribution in [-0.2, 0) is 14.3 Å². The Morgan fingerprint density at radius 1 is 1.00 bits per heavy atom. The number of carbonyl (C=O) groups excluding carboxylic acids is 3. The number of benzene rings is 1. The van der Waals surface area contributed by atoms with Crippen LogP contribution in [0.4, 0.5) is 0 Å². The summed E-state index contributed by atoms with van der Waals surface area (Å²) >= 11 is 0. The molecule has 1 amide bonds. The minimum absolute atomic E-state index is 0.0451. The van der Waals surface area contributed by atoms with Gasteiger partial charge in [-0.2, -0.15) is 5.26 Å². The zero-order chi connectivity index (χ0) is 21.8. The number of nitrogens with zero attached hydrogens (tertiary/aromatic N) is 2. The van der Waals surface area contributed by atoms with Crippen molar-refractivity contribution in [1.82, 2.24) is 4.90 Å². The summed E-state index contributed by atoms with van der Waals surface area (Å²) in [4.78, 5) is 39.3. The molecule has 31 heavy (non-hydrogen) atoms. The molecule has 0 spiro atoms. The molecule has 0 atom stereocenters. The highest BCUT2D eigenvalue weighted by atomic mass is 16.5. The smallest absolute Gasteiger partial charge is 0.306 e. The molecule has 1 aromatic carbocycles. The summed E-state index contributed by atoms with van der Waals surface area (Å²) < 4.78 is 5.25. The van der Waals surface area contributed by atoms with Gasteiger partial charge in [0.1, 0.15) is 0 Å². The number of hydrogen-bond acceptors (Lipinski definition) is 5. The molecule has 0 N–H and O–H groups in total. The van der Waals surface area contributed by atoms with Crippen LogP contribution in [0.2, 0.25) is 0 Å². The molecule has 5 rings (SSSR count). The van der Waals surface area contributed by atoms with E-state index in [-0.39, 0.29) is 43.1 Å². The van der Waals surface area contributed by atoms with Crippen LogP contribution < -0.4 is 0 Å². The van der Waals surface area contributed by atoms with E-state index in [1.165, 1.54) is 19.3 Å². The van der Waals surface area contributed by atoms with Gasteiger partial charge in [0, 0.05) is 24.1 Å². The second-order valence-corrected chi connectivity index (χ2v) is 9.55. The van der Waals surface area contributed by atoms with Crippen molar-refractivity contribution >= 4 is 17.7 Å². The number of ether oxygens (including phenoxy) is 1. The van der Waals surface area contributed by atoms with Crippen LogP contribution in [0.15, 0.2) is 30.3 Å². The first kappa shape index (κ1) is 21.5. The summed E-state index contributed by atoms with van der Waals surface area (Å²) in [6.07, 6.45) is 7.13. The Morgan fingerprint density at radius 2 is 1.61 bits per heavy atom. The molecule has 6 nitrogen and oxygen atoms in total. The molecule has 4 aliphatic rings. The third kappa shape index (κ3) is 4.81. The molecule has 1 aromatic rings. The van der Waals surface area contributed by atoms with Crippen LogP contribution in [0.3, 0.4) is 0 Å². The van der Waals surface area contributed by atoms with Crippen molar-refractivity contribution in [2.75, 3.05) is 13.2 Å². The second-order valence-electron chi connectivity index (χ2n) is 9.55. The van der Waals surface area contributed by atoms with Crippen molar-refractivity contribution in [3.63, 3.8) is 0 Å². The van der Waals surface area contributed by atoms with Crippen LogP contribution in [0.1, 0.15) is 68.1 Å². The van der Waals surface area contributed by atoms with E-state index >= 15 is 0 Å². The van der Waals surface area contributed by atoms with Gasteiger partial charge in [0.2, 0.25) is 0 Å². The first-order valence-electron chi connectivity index (χ1n) is 11.4. The fourth-order valence-electron chi connectivity index (χ4n) is 6.46. The van der Waals surface area contributed by atoms with E-state index in [4.69, 9.17) is 10.00 Å². The predicted octanol–water partition coefficient (Wildman–Crippen LogP) is 3.90. The van der Waals surface area contributed by atoms with Gasteiger partial charge in [-0.25, -0.2) is 0 Å². The molecule has 0 aliphatic heterocycles. The second kappa shape index (κ2) is 9.21. The van der Waals surface area contributed by atoms with Crippen LogP contribution >= 0.6 is 0 Å². The normalized spacial score (nSPS) is 28.0. The standard InChI is InChI=1S/C25H30N2O4/c26-9-4-10-27(25-14-18-11-19(15-25)13-20(12-18)16-25)23(29)17-31-24(30)8-7-22(28)21-5-2-1-3-6-21/h1-3,5-6,18-20H,4,7-8,10-17H2. The number of nitriles is 1. The number of amides is 1. The van der Waals surface area contributed by atoms with Crippen molar-refractivity contribution in [3.8, 4) is 6.07 Å². The summed E-state index contributed by atoms with van der Waals surface area (Å²) in [5, 5.41) is 9.11. The zero-order valence-corrected chi connectivity index (χ0v) is 17.9. The molecule has 0 saturated heterocycles. The summed E-state index contributed by atoms with van der Waals surface area (Å²) in [6.45, 7) is 0.0804. The molecule has 4 bridgehead atoms. The first-order chi connectivity index (χ1) is 15.0. The van der Waals surface area contributed by atoms with Crippen molar-refractivity contribution in [2.45, 2.75) is 63.3 Å². The molecule has 4 saturated carbocycles. The fourth-order valence-corrected chi connectivity index (χ4v) is 6.46. The number of esters is 1. The quantitative estimate of drug-likeness (QED) is 0.445. The maximum Gasteiger partial charge on any atom is 0.306 e. The molecular weight excluding hydrogens is 392 g/mol. The molecular formula is C25H30N2O4. The molecule has 4 aliphatic carbocycles. The number of Topliss-reactive ketones (excluding diaryl/α,β-unsaturated/α-hetero) is 1. The van der Waals surface area contributed by atoms with Gasteiger partial charge in [-0.15, -0.1) is 0 Å². The third-order valence-electron chi connectivity index (χ3n) is 7.34. The Labute approximate surface area is 183 Å². The lowest BCUT2D eigenvalue weighted by molar-refractivity contribution is -0.162. The van der Waals surface area contributed by atoms with Crippen LogP contribution in [-0.4, -0.2) is 41.3 Å². The average Bonchev–Trinajstić information content (AvgIpc) is 2.75. The summed E-state index contributed by atoms with van der Waals surface area (Å²) in [5.74, 6) is 1.16. The Balaban J connectivity index is 1.32. The van der Waals surface area contributed by atoms with Gasteiger partial charge < -0.3 is 9.64 Å². The topological polar surface area (TPSA) is 87.5 Å². The van der Waals surface area contributed by atoms with Crippen molar-refractivity contribution in [2.24, 2.45) is 17.8 Å². The summed E-state index contributed by atoms with van der Waals surface area (Å²) in [6, 6.07) is 11.0. The van der Waals surface area contributed by atoms with Gasteiger partial charge >= 0.3 is 5.97 Å². The SMILES string of the molecule is N#CCCN(C(=O)COC(=O)CCC(=O)c1ccccc1)C12CC3CC(CC(C3)C1)C2. The van der Waals surface area contributed by atoms with E-state index in [9.17, 15) is 14.4 Å². The third-order valence-corrected chi connectivity index (χ3v) is 7.34. The van der Waals surface area contributed by atoms with Crippen molar-refractivity contribution in [1.29, 1.82) is 5.26 Å². The molecule has 0 aromatic heterocycles. The van der Waals surface area contributed by atoms with Gasteiger partial charge in [0.25, 0.3) is 5.91 Å². The fraction of sp³-hybridized carbons (Fsp3) is 0.600. The monoisotopic (exact) mass is 422 g/mol. The van der Waals surface area contributed by atoms with E-state index in [1.54, 1.807) is 24.3 Å². The number of rotatable bonds is 9.